The molecule has 0 aromatic rings. The summed E-state index contributed by atoms with van der Waals surface area (Å²) in [4.78, 5) is 0. The topological polar surface area (TPSA) is 79.3 Å². The lowest BCUT2D eigenvalue weighted by Crippen LogP contribution is -2.98. The second-order valence-electron chi connectivity index (χ2n) is 11.2. The first-order valence-corrected chi connectivity index (χ1v) is 11.2. The Kier molecular flexibility index (Phi) is 6.02. The molecule has 8 atom stereocenters. The van der Waals surface area contributed by atoms with Crippen molar-refractivity contribution in [2.24, 2.45) is 17.8 Å². The van der Waals surface area contributed by atoms with Gasteiger partial charge in [0.05, 0.1) is 22.7 Å². The maximum atomic E-state index is 11.2. The van der Waals surface area contributed by atoms with Gasteiger partial charge in [-0.2, -0.15) is 21.1 Å². The molecule has 0 radical (unpaired) electrons. The van der Waals surface area contributed by atoms with E-state index in [4.69, 9.17) is 4.74 Å². The molecule has 0 spiro atoms. The van der Waals surface area contributed by atoms with E-state index in [1.54, 1.807) is 0 Å². The lowest BCUT2D eigenvalue weighted by atomic mass is 9.51. The molecular formula is C23H45N3O2. The molecule has 2 aliphatic carbocycles. The normalized spacial score (nSPS) is 49.8. The molecule has 7 N–H and O–H groups in total. The van der Waals surface area contributed by atoms with Gasteiger partial charge < -0.3 is 25.8 Å². The summed E-state index contributed by atoms with van der Waals surface area (Å²) in [5.41, 5.74) is -0.717. The van der Waals surface area contributed by atoms with Gasteiger partial charge in [-0.05, 0) is 72.6 Å². The van der Waals surface area contributed by atoms with Crippen molar-refractivity contribution in [3.8, 4) is 0 Å². The SMILES string of the molecule is [CH2-][NH2+]C1C2C(CCC1(C)O)C(C)([NH2+][CH2-])CCC2C1(C)CCC(C(C)(C)[NH2+][CH2-])O1. The fraction of sp³-hybridized carbons (Fsp3) is 0.870. The number of hydrogen-bond donors (Lipinski definition) is 4. The molecule has 3 aliphatic rings. The number of hydrogen-bond acceptors (Lipinski definition) is 2. The summed E-state index contributed by atoms with van der Waals surface area (Å²) in [6.45, 7) is 11.2. The van der Waals surface area contributed by atoms with Gasteiger partial charge in [0.15, 0.2) is 0 Å². The summed E-state index contributed by atoms with van der Waals surface area (Å²) in [7, 11) is 12.4. The molecule has 8 unspecified atom stereocenters. The third-order valence-electron chi connectivity index (χ3n) is 9.04. The predicted octanol–water partition coefficient (Wildman–Crippen LogP) is 0.0822. The fourth-order valence-corrected chi connectivity index (χ4v) is 6.78. The van der Waals surface area contributed by atoms with E-state index < -0.39 is 5.60 Å². The number of quaternary nitrogens is 3. The van der Waals surface area contributed by atoms with Crippen LogP contribution in [0.25, 0.3) is 0 Å². The summed E-state index contributed by atoms with van der Waals surface area (Å²) >= 11 is 0. The summed E-state index contributed by atoms with van der Waals surface area (Å²) in [6.07, 6.45) is 6.55. The molecule has 1 saturated heterocycles. The van der Waals surface area contributed by atoms with Crippen LogP contribution in [0, 0.1) is 38.9 Å². The van der Waals surface area contributed by atoms with Crippen molar-refractivity contribution in [1.29, 1.82) is 0 Å². The highest BCUT2D eigenvalue weighted by Gasteiger charge is 2.62. The molecule has 28 heavy (non-hydrogen) atoms. The highest BCUT2D eigenvalue weighted by molar-refractivity contribution is 5.10. The maximum absolute atomic E-state index is 11.2. The second-order valence-corrected chi connectivity index (χ2v) is 11.2. The van der Waals surface area contributed by atoms with E-state index in [1.165, 1.54) is 0 Å². The third kappa shape index (κ3) is 3.56. The molecule has 2 saturated carbocycles. The molecule has 5 nitrogen and oxygen atoms in total. The number of ether oxygens (including phenoxy) is 1. The standard InChI is InChI=1S/C23H45N3O2/c1-20(2,25-7)17-11-14-23(5,28-17)16-9-12-21(3,26-8)15-10-13-22(4,27)19(24-6)18(15)16/h15-19,27H,6-14,24-26H2,1-5H3. The Labute approximate surface area is 172 Å². The van der Waals surface area contributed by atoms with Crippen LogP contribution in [-0.4, -0.2) is 39.5 Å². The molecule has 1 heterocycles. The highest BCUT2D eigenvalue weighted by Crippen LogP contribution is 2.55. The Bertz CT molecular complexity index is 566. The van der Waals surface area contributed by atoms with Gasteiger partial charge in [-0.1, -0.05) is 0 Å². The average Bonchev–Trinajstić information content (AvgIpc) is 3.05. The molecule has 5 heteroatoms. The monoisotopic (exact) mass is 395 g/mol. The van der Waals surface area contributed by atoms with Crippen molar-refractivity contribution < 1.29 is 25.8 Å². The Morgan fingerprint density at radius 3 is 2.18 bits per heavy atom. The van der Waals surface area contributed by atoms with Gasteiger partial charge in [0.25, 0.3) is 0 Å². The third-order valence-corrected chi connectivity index (χ3v) is 9.04. The van der Waals surface area contributed by atoms with Crippen LogP contribution in [0.3, 0.4) is 0 Å². The van der Waals surface area contributed by atoms with E-state index in [2.05, 4.69) is 54.2 Å². The number of aliphatic hydroxyl groups is 1. The smallest absolute Gasteiger partial charge is 0.111 e. The maximum Gasteiger partial charge on any atom is 0.111 e. The molecule has 1 aliphatic heterocycles. The molecule has 0 bridgehead atoms. The summed E-state index contributed by atoms with van der Waals surface area (Å²) in [6, 6.07) is 0.0997. The van der Waals surface area contributed by atoms with E-state index >= 15 is 0 Å². The molecule has 3 rings (SSSR count). The Hall–Kier alpha value is -0.200. The average molecular weight is 396 g/mol. The van der Waals surface area contributed by atoms with Gasteiger partial charge in [-0.15, -0.1) is 0 Å². The van der Waals surface area contributed by atoms with E-state index in [1.807, 2.05) is 17.6 Å². The zero-order valence-electron chi connectivity index (χ0n) is 18.8. The van der Waals surface area contributed by atoms with E-state index in [0.29, 0.717) is 17.8 Å². The summed E-state index contributed by atoms with van der Waals surface area (Å²) in [5.74, 6) is 1.35. The number of nitrogens with two attached hydrogens (primary N) is 3. The van der Waals surface area contributed by atoms with Gasteiger partial charge in [0.1, 0.15) is 11.7 Å². The molecule has 0 aromatic carbocycles. The van der Waals surface area contributed by atoms with Gasteiger partial charge in [0, 0.05) is 18.3 Å². The quantitative estimate of drug-likeness (QED) is 0.498. The van der Waals surface area contributed by atoms with Crippen molar-refractivity contribution in [2.75, 3.05) is 0 Å². The van der Waals surface area contributed by atoms with Crippen molar-refractivity contribution >= 4 is 0 Å². The number of rotatable bonds is 5. The van der Waals surface area contributed by atoms with E-state index in [-0.39, 0.29) is 28.8 Å². The lowest BCUT2D eigenvalue weighted by Gasteiger charge is -2.59. The van der Waals surface area contributed by atoms with Crippen molar-refractivity contribution in [1.82, 2.24) is 0 Å². The lowest BCUT2D eigenvalue weighted by molar-refractivity contribution is -0.704. The van der Waals surface area contributed by atoms with Crippen LogP contribution in [0.15, 0.2) is 0 Å². The number of fused-ring (bicyclic) bond motifs is 1. The van der Waals surface area contributed by atoms with Gasteiger partial charge in [0.2, 0.25) is 0 Å². The zero-order chi connectivity index (χ0) is 21.0. The van der Waals surface area contributed by atoms with Gasteiger partial charge in [-0.3, -0.25) is 0 Å². The Morgan fingerprint density at radius 2 is 1.61 bits per heavy atom. The van der Waals surface area contributed by atoms with Crippen LogP contribution in [0.4, 0.5) is 0 Å². The fourth-order valence-electron chi connectivity index (χ4n) is 6.78. The first kappa shape index (κ1) is 22.5. The predicted molar refractivity (Wildman–Crippen MR) is 110 cm³/mol. The minimum absolute atomic E-state index is 0.0165. The second kappa shape index (κ2) is 7.49. The van der Waals surface area contributed by atoms with Crippen LogP contribution in [0.1, 0.15) is 73.1 Å². The molecule has 0 aromatic heterocycles. The van der Waals surface area contributed by atoms with Crippen LogP contribution in [0.5, 0.6) is 0 Å². The Morgan fingerprint density at radius 1 is 0.964 bits per heavy atom. The van der Waals surface area contributed by atoms with E-state index in [9.17, 15) is 5.11 Å². The van der Waals surface area contributed by atoms with Crippen LogP contribution < -0.4 is 16.0 Å². The van der Waals surface area contributed by atoms with Gasteiger partial charge >= 0.3 is 0 Å². The minimum atomic E-state index is -0.685. The van der Waals surface area contributed by atoms with Crippen LogP contribution >= 0.6 is 0 Å². The van der Waals surface area contributed by atoms with E-state index in [0.717, 1.165) is 38.5 Å². The van der Waals surface area contributed by atoms with Crippen LogP contribution in [-0.2, 0) is 4.74 Å². The van der Waals surface area contributed by atoms with Gasteiger partial charge in [-0.25, -0.2) is 0 Å². The zero-order valence-corrected chi connectivity index (χ0v) is 18.8. The molecular weight excluding hydrogens is 350 g/mol. The first-order valence-electron chi connectivity index (χ1n) is 11.2. The van der Waals surface area contributed by atoms with Crippen molar-refractivity contribution in [3.63, 3.8) is 0 Å². The summed E-state index contributed by atoms with van der Waals surface area (Å²) < 4.78 is 6.84. The molecule has 0 amide bonds. The van der Waals surface area contributed by atoms with Crippen LogP contribution in [0.2, 0.25) is 0 Å². The highest BCUT2D eigenvalue weighted by atomic mass is 16.5. The first-order chi connectivity index (χ1) is 12.9. The largest absolute Gasteiger partial charge is 0.474 e. The molecule has 164 valence electrons. The minimum Gasteiger partial charge on any atom is -0.474 e. The molecule has 3 fully saturated rings. The van der Waals surface area contributed by atoms with Crippen molar-refractivity contribution in [3.05, 3.63) is 21.1 Å². The van der Waals surface area contributed by atoms with Crippen molar-refractivity contribution in [2.45, 2.75) is 108 Å². The summed E-state index contributed by atoms with van der Waals surface area (Å²) in [5, 5.41) is 17.5. The Balaban J connectivity index is 1.94.